The summed E-state index contributed by atoms with van der Waals surface area (Å²) in [5, 5.41) is 0. The Labute approximate surface area is 185 Å². The van der Waals surface area contributed by atoms with Gasteiger partial charge in [-0.2, -0.15) is 11.0 Å². The number of hydrogen-bond acceptors (Lipinski definition) is 10. The monoisotopic (exact) mass is 446 g/mol. The van der Waals surface area contributed by atoms with Crippen molar-refractivity contribution in [3.05, 3.63) is 25.3 Å². The standard InChI is InChI=1S/C21H38N2O8/c1-8-19(24)26-13-17(4)28-30-22-11-10-16(3)12-21(6,7)15-23-31-29-18(5)14-27-20(25)9-2/h8-9,16-18,22-23H,1-2,10-15H2,3-7H3. The van der Waals surface area contributed by atoms with E-state index in [0.717, 1.165) is 25.0 Å². The average molecular weight is 447 g/mol. The first-order chi connectivity index (χ1) is 14.6. The van der Waals surface area contributed by atoms with Gasteiger partial charge in [0, 0.05) is 25.2 Å². The Balaban J connectivity index is 3.82. The summed E-state index contributed by atoms with van der Waals surface area (Å²) in [7, 11) is 0. The van der Waals surface area contributed by atoms with Crippen LogP contribution in [0.3, 0.4) is 0 Å². The zero-order valence-electron chi connectivity index (χ0n) is 19.3. The average Bonchev–Trinajstić information content (AvgIpc) is 2.72. The maximum Gasteiger partial charge on any atom is 0.330 e. The van der Waals surface area contributed by atoms with E-state index >= 15 is 0 Å². The maximum atomic E-state index is 11.0. The van der Waals surface area contributed by atoms with E-state index in [-0.39, 0.29) is 18.6 Å². The van der Waals surface area contributed by atoms with Gasteiger partial charge in [-0.3, -0.25) is 0 Å². The predicted octanol–water partition coefficient (Wildman–Crippen LogP) is 2.57. The van der Waals surface area contributed by atoms with Gasteiger partial charge in [-0.05, 0) is 38.0 Å². The first-order valence-corrected chi connectivity index (χ1v) is 10.3. The highest BCUT2D eigenvalue weighted by atomic mass is 17.3. The lowest BCUT2D eigenvalue weighted by molar-refractivity contribution is -0.365. The van der Waals surface area contributed by atoms with Crippen LogP contribution in [-0.2, 0) is 38.8 Å². The molecule has 0 aromatic rings. The van der Waals surface area contributed by atoms with Crippen LogP contribution in [0.2, 0.25) is 0 Å². The molecular formula is C21H38N2O8. The summed E-state index contributed by atoms with van der Waals surface area (Å²) in [4.78, 5) is 42.0. The molecule has 0 spiro atoms. The van der Waals surface area contributed by atoms with E-state index in [9.17, 15) is 9.59 Å². The molecule has 0 saturated carbocycles. The third-order valence-corrected chi connectivity index (χ3v) is 3.99. The molecule has 0 saturated heterocycles. The number of esters is 2. The molecule has 31 heavy (non-hydrogen) atoms. The fraction of sp³-hybridized carbons (Fsp3) is 0.714. The SMILES string of the molecule is C=CC(=O)OCC(C)OONCCC(C)CC(C)(C)CNOOC(C)COC(=O)C=C. The van der Waals surface area contributed by atoms with Crippen molar-refractivity contribution >= 4 is 11.9 Å². The molecule has 3 atom stereocenters. The Morgan fingerprint density at radius 2 is 1.39 bits per heavy atom. The van der Waals surface area contributed by atoms with Gasteiger partial charge in [-0.15, -0.1) is 9.98 Å². The molecule has 0 fully saturated rings. The minimum Gasteiger partial charge on any atom is -0.460 e. The minimum absolute atomic E-state index is 0.0395. The fourth-order valence-electron chi connectivity index (χ4n) is 2.49. The van der Waals surface area contributed by atoms with Gasteiger partial charge >= 0.3 is 11.9 Å². The van der Waals surface area contributed by atoms with Crippen LogP contribution in [-0.4, -0.2) is 50.4 Å². The van der Waals surface area contributed by atoms with Gasteiger partial charge in [0.25, 0.3) is 0 Å². The Kier molecular flexibility index (Phi) is 15.8. The normalized spacial score (nSPS) is 14.4. The van der Waals surface area contributed by atoms with Gasteiger partial charge < -0.3 is 9.47 Å². The number of hydroxylamine groups is 2. The molecule has 2 N–H and O–H groups in total. The van der Waals surface area contributed by atoms with E-state index in [1.807, 2.05) is 0 Å². The Morgan fingerprint density at radius 3 is 1.87 bits per heavy atom. The molecule has 0 aromatic carbocycles. The summed E-state index contributed by atoms with van der Waals surface area (Å²) in [5.74, 6) is -0.597. The highest BCUT2D eigenvalue weighted by Gasteiger charge is 2.21. The predicted molar refractivity (Wildman–Crippen MR) is 114 cm³/mol. The van der Waals surface area contributed by atoms with E-state index in [0.29, 0.717) is 19.0 Å². The summed E-state index contributed by atoms with van der Waals surface area (Å²) in [6.45, 7) is 17.8. The lowest BCUT2D eigenvalue weighted by Crippen LogP contribution is -2.33. The minimum atomic E-state index is -0.506. The third-order valence-electron chi connectivity index (χ3n) is 3.99. The molecule has 3 unspecified atom stereocenters. The zero-order valence-corrected chi connectivity index (χ0v) is 19.3. The molecule has 10 nitrogen and oxygen atoms in total. The van der Waals surface area contributed by atoms with Crippen LogP contribution < -0.4 is 11.0 Å². The molecule has 0 rings (SSSR count). The van der Waals surface area contributed by atoms with Gasteiger partial charge in [0.1, 0.15) is 25.4 Å². The fourth-order valence-corrected chi connectivity index (χ4v) is 2.49. The number of nitrogens with one attached hydrogen (secondary N) is 2. The van der Waals surface area contributed by atoms with E-state index < -0.39 is 24.1 Å². The summed E-state index contributed by atoms with van der Waals surface area (Å²) in [5.41, 5.74) is 5.49. The lowest BCUT2D eigenvalue weighted by atomic mass is 9.82. The van der Waals surface area contributed by atoms with Crippen molar-refractivity contribution in [2.24, 2.45) is 11.3 Å². The number of carbonyl (C=O) groups is 2. The zero-order chi connectivity index (χ0) is 23.7. The second kappa shape index (κ2) is 16.8. The van der Waals surface area contributed by atoms with Crippen molar-refractivity contribution in [2.45, 2.75) is 59.7 Å². The molecule has 0 aliphatic rings. The summed E-state index contributed by atoms with van der Waals surface area (Å²) in [6.07, 6.45) is 3.17. The molecule has 0 bridgehead atoms. The summed E-state index contributed by atoms with van der Waals surface area (Å²) in [6, 6.07) is 0. The van der Waals surface area contributed by atoms with Crippen LogP contribution in [0.25, 0.3) is 0 Å². The second-order valence-electron chi connectivity index (χ2n) is 8.13. The molecule has 10 heteroatoms. The maximum absolute atomic E-state index is 11.0. The van der Waals surface area contributed by atoms with Crippen LogP contribution in [0.15, 0.2) is 25.3 Å². The smallest absolute Gasteiger partial charge is 0.330 e. The molecule has 0 aromatic heterocycles. The van der Waals surface area contributed by atoms with Crippen LogP contribution in [0.4, 0.5) is 0 Å². The molecule has 0 amide bonds. The Bertz CT molecular complexity index is 541. The topological polar surface area (TPSA) is 114 Å². The second-order valence-corrected chi connectivity index (χ2v) is 8.13. The third kappa shape index (κ3) is 17.5. The van der Waals surface area contributed by atoms with Crippen LogP contribution in [0.1, 0.15) is 47.5 Å². The van der Waals surface area contributed by atoms with Crippen LogP contribution in [0.5, 0.6) is 0 Å². The first-order valence-electron chi connectivity index (χ1n) is 10.3. The van der Waals surface area contributed by atoms with Gasteiger partial charge in [0.15, 0.2) is 0 Å². The summed E-state index contributed by atoms with van der Waals surface area (Å²) >= 11 is 0. The van der Waals surface area contributed by atoms with E-state index in [2.05, 4.69) is 44.9 Å². The Morgan fingerprint density at radius 1 is 0.903 bits per heavy atom. The van der Waals surface area contributed by atoms with Gasteiger partial charge in [-0.25, -0.2) is 19.4 Å². The van der Waals surface area contributed by atoms with Crippen LogP contribution >= 0.6 is 0 Å². The lowest BCUT2D eigenvalue weighted by Gasteiger charge is -2.28. The molecule has 0 heterocycles. The Hall–Kier alpha value is -1.82. The van der Waals surface area contributed by atoms with Gasteiger partial charge in [-0.1, -0.05) is 33.9 Å². The number of hydrogen-bond donors (Lipinski definition) is 2. The first kappa shape index (κ1) is 29.2. The molecule has 180 valence electrons. The van der Waals surface area contributed by atoms with E-state index in [1.54, 1.807) is 13.8 Å². The number of rotatable bonds is 19. The van der Waals surface area contributed by atoms with E-state index in [1.165, 1.54) is 0 Å². The van der Waals surface area contributed by atoms with Crippen molar-refractivity contribution in [3.63, 3.8) is 0 Å². The summed E-state index contributed by atoms with van der Waals surface area (Å²) < 4.78 is 9.70. The molecular weight excluding hydrogens is 408 g/mol. The number of carbonyl (C=O) groups excluding carboxylic acids is 2. The van der Waals surface area contributed by atoms with E-state index in [4.69, 9.17) is 29.2 Å². The van der Waals surface area contributed by atoms with Crippen molar-refractivity contribution in [2.75, 3.05) is 26.3 Å². The van der Waals surface area contributed by atoms with Gasteiger partial charge in [0.2, 0.25) is 0 Å². The largest absolute Gasteiger partial charge is 0.460 e. The van der Waals surface area contributed by atoms with Crippen molar-refractivity contribution in [3.8, 4) is 0 Å². The number of ether oxygens (including phenoxy) is 2. The van der Waals surface area contributed by atoms with Gasteiger partial charge in [0.05, 0.1) is 0 Å². The van der Waals surface area contributed by atoms with Crippen molar-refractivity contribution in [1.82, 2.24) is 11.0 Å². The van der Waals surface area contributed by atoms with Crippen molar-refractivity contribution in [1.29, 1.82) is 0 Å². The quantitative estimate of drug-likeness (QED) is 0.101. The highest BCUT2D eigenvalue weighted by molar-refractivity contribution is 5.81. The van der Waals surface area contributed by atoms with Crippen molar-refractivity contribution < 1.29 is 38.8 Å². The molecule has 0 aliphatic heterocycles. The van der Waals surface area contributed by atoms with Crippen LogP contribution in [0, 0.1) is 11.3 Å². The molecule has 0 aliphatic carbocycles. The highest BCUT2D eigenvalue weighted by Crippen LogP contribution is 2.26. The molecule has 0 radical (unpaired) electrons.